The van der Waals surface area contributed by atoms with Crippen LogP contribution in [-0.2, 0) is 16.1 Å². The Morgan fingerprint density at radius 2 is 2.17 bits per heavy atom. The molecule has 0 saturated carbocycles. The van der Waals surface area contributed by atoms with E-state index < -0.39 is 23.6 Å². The minimum absolute atomic E-state index is 0.0381. The molecule has 0 fully saturated rings. The van der Waals surface area contributed by atoms with Gasteiger partial charge in [0, 0.05) is 23.0 Å². The molecule has 4 nitrogen and oxygen atoms in total. The van der Waals surface area contributed by atoms with Gasteiger partial charge in [0.05, 0.1) is 5.92 Å². The number of rotatable bonds is 5. The maximum Gasteiger partial charge on any atom is 0.306 e. The molecule has 1 amide bonds. The molecule has 0 aliphatic heterocycles. The number of benzene rings is 1. The van der Waals surface area contributed by atoms with E-state index in [0.29, 0.717) is 10.0 Å². The fourth-order valence-electron chi connectivity index (χ4n) is 1.31. The smallest absolute Gasteiger partial charge is 0.306 e. The highest BCUT2D eigenvalue weighted by Gasteiger charge is 2.15. The van der Waals surface area contributed by atoms with Crippen molar-refractivity contribution in [1.29, 1.82) is 0 Å². The summed E-state index contributed by atoms with van der Waals surface area (Å²) in [5.74, 6) is -2.61. The Balaban J connectivity index is 2.52. The van der Waals surface area contributed by atoms with Gasteiger partial charge in [-0.05, 0) is 18.2 Å². The standard InChI is InChI=1S/C12H13BrFNO3/c1-7(12(17)18)4-11(16)15-6-8-5-9(13)2-3-10(8)14/h2-3,5,7H,4,6H2,1H3,(H,15,16)(H,17,18). The van der Waals surface area contributed by atoms with Crippen molar-refractivity contribution in [3.63, 3.8) is 0 Å². The van der Waals surface area contributed by atoms with Crippen molar-refractivity contribution in [2.45, 2.75) is 19.9 Å². The van der Waals surface area contributed by atoms with Crippen LogP contribution in [-0.4, -0.2) is 17.0 Å². The molecule has 6 heteroatoms. The third-order valence-corrected chi connectivity index (χ3v) is 2.89. The molecule has 0 aromatic heterocycles. The molecule has 1 unspecified atom stereocenters. The number of carbonyl (C=O) groups is 2. The molecule has 0 radical (unpaired) electrons. The van der Waals surface area contributed by atoms with Crippen molar-refractivity contribution in [3.05, 3.63) is 34.1 Å². The summed E-state index contributed by atoms with van der Waals surface area (Å²) in [4.78, 5) is 22.0. The Kier molecular flexibility index (Phi) is 5.27. The van der Waals surface area contributed by atoms with Gasteiger partial charge in [0.25, 0.3) is 0 Å². The lowest BCUT2D eigenvalue weighted by Gasteiger charge is -2.08. The molecule has 18 heavy (non-hydrogen) atoms. The molecule has 0 saturated heterocycles. The van der Waals surface area contributed by atoms with E-state index in [9.17, 15) is 14.0 Å². The highest BCUT2D eigenvalue weighted by molar-refractivity contribution is 9.10. The zero-order valence-electron chi connectivity index (χ0n) is 9.74. The number of carbonyl (C=O) groups excluding carboxylic acids is 1. The molecule has 1 rings (SSSR count). The first kappa shape index (κ1) is 14.6. The van der Waals surface area contributed by atoms with Crippen molar-refractivity contribution in [2.75, 3.05) is 0 Å². The molecular weight excluding hydrogens is 305 g/mol. The van der Waals surface area contributed by atoms with Crippen molar-refractivity contribution >= 4 is 27.8 Å². The predicted molar refractivity (Wildman–Crippen MR) is 67.4 cm³/mol. The van der Waals surface area contributed by atoms with Gasteiger partial charge in [-0.2, -0.15) is 0 Å². The lowest BCUT2D eigenvalue weighted by Crippen LogP contribution is -2.27. The van der Waals surface area contributed by atoms with Gasteiger partial charge >= 0.3 is 5.97 Å². The summed E-state index contributed by atoms with van der Waals surface area (Å²) < 4.78 is 14.1. The molecule has 98 valence electrons. The van der Waals surface area contributed by atoms with Crippen LogP contribution in [0.25, 0.3) is 0 Å². The van der Waals surface area contributed by atoms with Crippen LogP contribution < -0.4 is 5.32 Å². The van der Waals surface area contributed by atoms with Crippen molar-refractivity contribution in [2.24, 2.45) is 5.92 Å². The molecule has 0 bridgehead atoms. The Labute approximate surface area is 112 Å². The maximum absolute atomic E-state index is 13.3. The van der Waals surface area contributed by atoms with E-state index in [4.69, 9.17) is 5.11 Å². The average Bonchev–Trinajstić information content (AvgIpc) is 2.30. The number of nitrogens with one attached hydrogen (secondary N) is 1. The largest absolute Gasteiger partial charge is 0.481 e. The van der Waals surface area contributed by atoms with E-state index in [1.54, 1.807) is 12.1 Å². The first-order chi connectivity index (χ1) is 8.40. The Morgan fingerprint density at radius 1 is 1.50 bits per heavy atom. The highest BCUT2D eigenvalue weighted by atomic mass is 79.9. The first-order valence-corrected chi connectivity index (χ1v) is 6.13. The fourth-order valence-corrected chi connectivity index (χ4v) is 1.72. The molecule has 1 aromatic carbocycles. The molecule has 1 aromatic rings. The minimum Gasteiger partial charge on any atom is -0.481 e. The SMILES string of the molecule is CC(CC(=O)NCc1cc(Br)ccc1F)C(=O)O. The van der Waals surface area contributed by atoms with Gasteiger partial charge in [-0.3, -0.25) is 9.59 Å². The second-order valence-corrected chi connectivity index (χ2v) is 4.87. The van der Waals surface area contributed by atoms with Crippen molar-refractivity contribution < 1.29 is 19.1 Å². The molecular formula is C12H13BrFNO3. The Morgan fingerprint density at radius 3 is 2.78 bits per heavy atom. The summed E-state index contributed by atoms with van der Waals surface area (Å²) in [6, 6.07) is 4.43. The number of aliphatic carboxylic acids is 1. The topological polar surface area (TPSA) is 66.4 Å². The van der Waals surface area contributed by atoms with Gasteiger partial charge in [0.15, 0.2) is 0 Å². The first-order valence-electron chi connectivity index (χ1n) is 5.33. The van der Waals surface area contributed by atoms with Crippen LogP contribution in [0.5, 0.6) is 0 Å². The van der Waals surface area contributed by atoms with Gasteiger partial charge in [0.1, 0.15) is 5.82 Å². The van der Waals surface area contributed by atoms with Gasteiger partial charge < -0.3 is 10.4 Å². The van der Waals surface area contributed by atoms with Crippen LogP contribution in [0.1, 0.15) is 18.9 Å². The van der Waals surface area contributed by atoms with Crippen LogP contribution in [0.15, 0.2) is 22.7 Å². The summed E-state index contributed by atoms with van der Waals surface area (Å²) in [6.07, 6.45) is -0.120. The summed E-state index contributed by atoms with van der Waals surface area (Å²) in [6.45, 7) is 1.48. The monoisotopic (exact) mass is 317 g/mol. The van der Waals surface area contributed by atoms with Gasteiger partial charge in [-0.25, -0.2) is 4.39 Å². The normalized spacial score (nSPS) is 11.9. The van der Waals surface area contributed by atoms with Crippen LogP contribution in [0.4, 0.5) is 4.39 Å². The van der Waals surface area contributed by atoms with Crippen LogP contribution in [0, 0.1) is 11.7 Å². The zero-order chi connectivity index (χ0) is 13.7. The molecule has 0 aliphatic rings. The van der Waals surface area contributed by atoms with Gasteiger partial charge in [-0.15, -0.1) is 0 Å². The summed E-state index contributed by atoms with van der Waals surface area (Å²) >= 11 is 3.21. The third kappa shape index (κ3) is 4.44. The van der Waals surface area contributed by atoms with E-state index >= 15 is 0 Å². The summed E-state index contributed by atoms with van der Waals surface area (Å²) in [5.41, 5.74) is 0.348. The minimum atomic E-state index is -1.03. The van der Waals surface area contributed by atoms with E-state index in [1.165, 1.54) is 13.0 Å². The lowest BCUT2D eigenvalue weighted by molar-refractivity contribution is -0.143. The highest BCUT2D eigenvalue weighted by Crippen LogP contribution is 2.15. The predicted octanol–water partition coefficient (Wildman–Crippen LogP) is 2.32. The molecule has 0 heterocycles. The zero-order valence-corrected chi connectivity index (χ0v) is 11.3. The molecule has 2 N–H and O–H groups in total. The third-order valence-electron chi connectivity index (χ3n) is 2.40. The van der Waals surface area contributed by atoms with Crippen molar-refractivity contribution in [1.82, 2.24) is 5.32 Å². The number of carboxylic acid groups (broad SMARTS) is 1. The number of hydrogen-bond donors (Lipinski definition) is 2. The Hall–Kier alpha value is -1.43. The summed E-state index contributed by atoms with van der Waals surface area (Å²) in [7, 11) is 0. The summed E-state index contributed by atoms with van der Waals surface area (Å²) in [5, 5.41) is 11.1. The average molecular weight is 318 g/mol. The van der Waals surface area contributed by atoms with Crippen LogP contribution in [0.3, 0.4) is 0 Å². The lowest BCUT2D eigenvalue weighted by atomic mass is 10.1. The number of amides is 1. The molecule has 0 aliphatic carbocycles. The van der Waals surface area contributed by atoms with E-state index in [-0.39, 0.29) is 13.0 Å². The van der Waals surface area contributed by atoms with Crippen LogP contribution in [0.2, 0.25) is 0 Å². The quantitative estimate of drug-likeness (QED) is 0.875. The number of carboxylic acids is 1. The second kappa shape index (κ2) is 6.49. The van der Waals surface area contributed by atoms with E-state index in [1.807, 2.05) is 0 Å². The van der Waals surface area contributed by atoms with Crippen LogP contribution >= 0.6 is 15.9 Å². The number of hydrogen-bond acceptors (Lipinski definition) is 2. The van der Waals surface area contributed by atoms with E-state index in [2.05, 4.69) is 21.2 Å². The number of halogens is 2. The molecule has 1 atom stereocenters. The van der Waals surface area contributed by atoms with Gasteiger partial charge in [0.2, 0.25) is 5.91 Å². The molecule has 0 spiro atoms. The van der Waals surface area contributed by atoms with Crippen molar-refractivity contribution in [3.8, 4) is 0 Å². The van der Waals surface area contributed by atoms with E-state index in [0.717, 1.165) is 0 Å². The maximum atomic E-state index is 13.3. The Bertz CT molecular complexity index is 465. The second-order valence-electron chi connectivity index (χ2n) is 3.96. The van der Waals surface area contributed by atoms with Gasteiger partial charge in [-0.1, -0.05) is 22.9 Å². The fraction of sp³-hybridized carbons (Fsp3) is 0.333.